The van der Waals surface area contributed by atoms with Crippen LogP contribution in [0.3, 0.4) is 0 Å². The Labute approximate surface area is 129 Å². The number of fused-ring (bicyclic) bond motifs is 5. The monoisotopic (exact) mass is 286 g/mol. The SMILES string of the molecule is C[C@@H]1C[C@H]2CC(=O)C=C[C@]2(C)[C@H]2CC[C@]3(C)CCC[C@H]3[C@H]12. The third-order valence-electron chi connectivity index (χ3n) is 8.18. The fraction of sp³-hybridized carbons (Fsp3) is 0.850. The summed E-state index contributed by atoms with van der Waals surface area (Å²) in [6.07, 6.45) is 13.5. The molecule has 0 aromatic heterocycles. The summed E-state index contributed by atoms with van der Waals surface area (Å²) >= 11 is 0. The minimum atomic E-state index is 0.301. The Balaban J connectivity index is 1.73. The zero-order valence-electron chi connectivity index (χ0n) is 13.9. The summed E-state index contributed by atoms with van der Waals surface area (Å²) in [5.41, 5.74) is 0.932. The second-order valence-corrected chi connectivity index (χ2v) is 9.15. The molecule has 7 atom stereocenters. The molecule has 21 heavy (non-hydrogen) atoms. The fourth-order valence-corrected chi connectivity index (χ4v) is 7.01. The van der Waals surface area contributed by atoms with E-state index in [2.05, 4.69) is 26.8 Å². The minimum absolute atomic E-state index is 0.301. The highest BCUT2D eigenvalue weighted by atomic mass is 16.1. The van der Waals surface area contributed by atoms with Crippen LogP contribution in [-0.4, -0.2) is 5.78 Å². The Hall–Kier alpha value is -0.590. The van der Waals surface area contributed by atoms with Crippen molar-refractivity contribution in [3.8, 4) is 0 Å². The number of hydrogen-bond donors (Lipinski definition) is 0. The molecular weight excluding hydrogens is 256 g/mol. The van der Waals surface area contributed by atoms with E-state index >= 15 is 0 Å². The van der Waals surface area contributed by atoms with Crippen LogP contribution in [-0.2, 0) is 4.79 Å². The van der Waals surface area contributed by atoms with E-state index in [1.165, 1.54) is 38.5 Å². The van der Waals surface area contributed by atoms with Crippen LogP contribution < -0.4 is 0 Å². The highest BCUT2D eigenvalue weighted by molar-refractivity contribution is 5.91. The van der Waals surface area contributed by atoms with Gasteiger partial charge in [-0.15, -0.1) is 0 Å². The standard InChI is InChI=1S/C20H30O/c1-13-11-14-12-15(21)6-10-20(14,3)17-7-9-19(2)8-4-5-16(19)18(13)17/h6,10,13-14,16-18H,4-5,7-9,11-12H2,1-3H3/t13-,14+,16+,17+,18+,19+,20+/m1/s1. The summed E-state index contributed by atoms with van der Waals surface area (Å²) in [4.78, 5) is 11.9. The van der Waals surface area contributed by atoms with Crippen molar-refractivity contribution in [1.82, 2.24) is 0 Å². The summed E-state index contributed by atoms with van der Waals surface area (Å²) in [5, 5.41) is 0. The first-order valence-corrected chi connectivity index (χ1v) is 9.16. The van der Waals surface area contributed by atoms with E-state index in [-0.39, 0.29) is 0 Å². The Bertz CT molecular complexity index is 492. The molecule has 0 heterocycles. The van der Waals surface area contributed by atoms with Gasteiger partial charge in [0.15, 0.2) is 5.78 Å². The van der Waals surface area contributed by atoms with Crippen molar-refractivity contribution in [1.29, 1.82) is 0 Å². The van der Waals surface area contributed by atoms with Gasteiger partial charge in [-0.2, -0.15) is 0 Å². The summed E-state index contributed by atoms with van der Waals surface area (Å²) in [5.74, 6) is 4.48. The predicted molar refractivity (Wildman–Crippen MR) is 85.8 cm³/mol. The molecule has 0 amide bonds. The van der Waals surface area contributed by atoms with Gasteiger partial charge in [-0.1, -0.05) is 33.3 Å². The van der Waals surface area contributed by atoms with E-state index in [1.807, 2.05) is 6.08 Å². The van der Waals surface area contributed by atoms with E-state index in [0.29, 0.717) is 22.5 Å². The van der Waals surface area contributed by atoms with Gasteiger partial charge in [-0.25, -0.2) is 0 Å². The van der Waals surface area contributed by atoms with Crippen LogP contribution in [0.15, 0.2) is 12.2 Å². The molecule has 1 nitrogen and oxygen atoms in total. The lowest BCUT2D eigenvalue weighted by atomic mass is 9.44. The third-order valence-corrected chi connectivity index (χ3v) is 8.18. The predicted octanol–water partition coefficient (Wildman–Crippen LogP) is 5.01. The first-order chi connectivity index (χ1) is 9.94. The Morgan fingerprint density at radius 1 is 1.14 bits per heavy atom. The number of rotatable bonds is 0. The summed E-state index contributed by atoms with van der Waals surface area (Å²) in [6.45, 7) is 7.54. The van der Waals surface area contributed by atoms with Crippen LogP contribution in [0.25, 0.3) is 0 Å². The van der Waals surface area contributed by atoms with E-state index in [4.69, 9.17) is 0 Å². The van der Waals surface area contributed by atoms with E-state index < -0.39 is 0 Å². The number of ketones is 1. The first-order valence-electron chi connectivity index (χ1n) is 9.16. The van der Waals surface area contributed by atoms with Gasteiger partial charge in [0.1, 0.15) is 0 Å². The van der Waals surface area contributed by atoms with Crippen LogP contribution in [0.4, 0.5) is 0 Å². The minimum Gasteiger partial charge on any atom is -0.295 e. The normalized spacial score (nSPS) is 55.8. The quantitative estimate of drug-likeness (QED) is 0.611. The van der Waals surface area contributed by atoms with Crippen LogP contribution in [0.5, 0.6) is 0 Å². The molecule has 1 heteroatoms. The van der Waals surface area contributed by atoms with Gasteiger partial charge < -0.3 is 0 Å². The van der Waals surface area contributed by atoms with Crippen molar-refractivity contribution in [2.75, 3.05) is 0 Å². The second kappa shape index (κ2) is 4.46. The molecule has 3 fully saturated rings. The first kappa shape index (κ1) is 14.0. The lowest BCUT2D eigenvalue weighted by molar-refractivity contribution is -0.125. The van der Waals surface area contributed by atoms with Gasteiger partial charge in [-0.05, 0) is 78.6 Å². The summed E-state index contributed by atoms with van der Waals surface area (Å²) < 4.78 is 0. The topological polar surface area (TPSA) is 17.1 Å². The molecule has 0 spiro atoms. The lowest BCUT2D eigenvalue weighted by Crippen LogP contribution is -2.54. The molecule has 0 saturated heterocycles. The van der Waals surface area contributed by atoms with E-state index in [0.717, 1.165) is 30.1 Å². The van der Waals surface area contributed by atoms with E-state index in [1.54, 1.807) is 0 Å². The smallest absolute Gasteiger partial charge is 0.155 e. The Kier molecular flexibility index (Phi) is 2.98. The zero-order valence-corrected chi connectivity index (χ0v) is 13.9. The number of carbonyl (C=O) groups excluding carboxylic acids is 1. The van der Waals surface area contributed by atoms with Crippen molar-refractivity contribution < 1.29 is 4.79 Å². The van der Waals surface area contributed by atoms with Gasteiger partial charge in [0.05, 0.1) is 0 Å². The third kappa shape index (κ3) is 1.85. The molecule has 3 saturated carbocycles. The molecular formula is C20H30O. The van der Waals surface area contributed by atoms with Gasteiger partial charge in [0, 0.05) is 6.42 Å². The molecule has 0 unspecified atom stereocenters. The number of carbonyl (C=O) groups is 1. The molecule has 4 rings (SSSR count). The fourth-order valence-electron chi connectivity index (χ4n) is 7.01. The second-order valence-electron chi connectivity index (χ2n) is 9.15. The molecule has 0 aromatic rings. The molecule has 4 aliphatic carbocycles. The maximum Gasteiger partial charge on any atom is 0.155 e. The Morgan fingerprint density at radius 2 is 1.95 bits per heavy atom. The Morgan fingerprint density at radius 3 is 2.76 bits per heavy atom. The summed E-state index contributed by atoms with van der Waals surface area (Å²) in [7, 11) is 0. The largest absolute Gasteiger partial charge is 0.295 e. The van der Waals surface area contributed by atoms with Gasteiger partial charge in [-0.3, -0.25) is 4.79 Å². The molecule has 4 aliphatic rings. The highest BCUT2D eigenvalue weighted by Gasteiger charge is 2.58. The molecule has 0 aromatic carbocycles. The molecule has 0 radical (unpaired) electrons. The van der Waals surface area contributed by atoms with Crippen LogP contribution in [0, 0.1) is 40.4 Å². The van der Waals surface area contributed by atoms with Crippen LogP contribution >= 0.6 is 0 Å². The van der Waals surface area contributed by atoms with Crippen LogP contribution in [0.1, 0.15) is 65.7 Å². The zero-order chi connectivity index (χ0) is 14.8. The molecule has 0 aliphatic heterocycles. The van der Waals surface area contributed by atoms with Crippen LogP contribution in [0.2, 0.25) is 0 Å². The summed E-state index contributed by atoms with van der Waals surface area (Å²) in [6, 6.07) is 0. The van der Waals surface area contributed by atoms with Crippen molar-refractivity contribution in [2.24, 2.45) is 40.4 Å². The van der Waals surface area contributed by atoms with Gasteiger partial charge in [0.2, 0.25) is 0 Å². The molecule has 0 N–H and O–H groups in total. The average molecular weight is 286 g/mol. The van der Waals surface area contributed by atoms with Crippen molar-refractivity contribution >= 4 is 5.78 Å². The average Bonchev–Trinajstić information content (AvgIpc) is 2.82. The molecule has 116 valence electrons. The van der Waals surface area contributed by atoms with E-state index in [9.17, 15) is 4.79 Å². The lowest BCUT2D eigenvalue weighted by Gasteiger charge is -2.60. The number of allylic oxidation sites excluding steroid dienone is 2. The highest BCUT2D eigenvalue weighted by Crippen LogP contribution is 2.66. The van der Waals surface area contributed by atoms with Crippen molar-refractivity contribution in [2.45, 2.75) is 65.7 Å². The van der Waals surface area contributed by atoms with Crippen molar-refractivity contribution in [3.05, 3.63) is 12.2 Å². The van der Waals surface area contributed by atoms with Crippen molar-refractivity contribution in [3.63, 3.8) is 0 Å². The maximum absolute atomic E-state index is 11.9. The number of hydrogen-bond acceptors (Lipinski definition) is 1. The van der Waals surface area contributed by atoms with Gasteiger partial charge in [0.25, 0.3) is 0 Å². The molecule has 0 bridgehead atoms. The van der Waals surface area contributed by atoms with Gasteiger partial charge >= 0.3 is 0 Å². The maximum atomic E-state index is 11.9.